The fourth-order valence-electron chi connectivity index (χ4n) is 3.10. The van der Waals surface area contributed by atoms with Gasteiger partial charge in [-0.05, 0) is 49.6 Å². The highest BCUT2D eigenvalue weighted by molar-refractivity contribution is 7.92. The number of rotatable bonds is 7. The van der Waals surface area contributed by atoms with E-state index in [4.69, 9.17) is 16.3 Å². The maximum absolute atomic E-state index is 13.3. The molecule has 1 heterocycles. The van der Waals surface area contributed by atoms with E-state index in [1.807, 2.05) is 0 Å². The second-order valence-electron chi connectivity index (χ2n) is 6.65. The highest BCUT2D eigenvalue weighted by atomic mass is 35.5. The molecule has 1 saturated heterocycles. The molecule has 0 aliphatic carbocycles. The molecule has 1 N–H and O–H groups in total. The fraction of sp³-hybridized carbons (Fsp3) is 0.350. The summed E-state index contributed by atoms with van der Waals surface area (Å²) in [6.45, 7) is 2.45. The number of anilines is 1. The van der Waals surface area contributed by atoms with Crippen LogP contribution in [0.25, 0.3) is 0 Å². The SMILES string of the molecule is Cc1c(Cl)cccc1N(CC(=O)NC[C@@H]1CCCO1)S(=O)(=O)c1ccccc1. The molecule has 2 aromatic rings. The summed E-state index contributed by atoms with van der Waals surface area (Å²) in [4.78, 5) is 12.7. The maximum atomic E-state index is 13.3. The van der Waals surface area contributed by atoms with Crippen molar-refractivity contribution in [3.8, 4) is 0 Å². The van der Waals surface area contributed by atoms with E-state index in [0.29, 0.717) is 29.4 Å². The molecule has 150 valence electrons. The Kier molecular flexibility index (Phi) is 6.59. The van der Waals surface area contributed by atoms with Crippen molar-refractivity contribution in [1.82, 2.24) is 5.32 Å². The third-order valence-corrected chi connectivity index (χ3v) is 6.86. The summed E-state index contributed by atoms with van der Waals surface area (Å²) in [5.41, 5.74) is 0.971. The lowest BCUT2D eigenvalue weighted by Crippen LogP contribution is -2.43. The van der Waals surface area contributed by atoms with Gasteiger partial charge in [-0.2, -0.15) is 0 Å². The molecular weight excluding hydrogens is 400 g/mol. The second-order valence-corrected chi connectivity index (χ2v) is 8.92. The number of sulfonamides is 1. The summed E-state index contributed by atoms with van der Waals surface area (Å²) in [7, 11) is -3.94. The average molecular weight is 423 g/mol. The number of nitrogens with zero attached hydrogens (tertiary/aromatic N) is 1. The molecule has 3 rings (SSSR count). The fourth-order valence-corrected chi connectivity index (χ4v) is 4.77. The van der Waals surface area contributed by atoms with E-state index in [9.17, 15) is 13.2 Å². The Balaban J connectivity index is 1.88. The van der Waals surface area contributed by atoms with E-state index >= 15 is 0 Å². The van der Waals surface area contributed by atoms with Gasteiger partial charge < -0.3 is 10.1 Å². The lowest BCUT2D eigenvalue weighted by atomic mass is 10.2. The minimum absolute atomic E-state index is 0.0176. The highest BCUT2D eigenvalue weighted by Crippen LogP contribution is 2.30. The molecule has 1 aliphatic rings. The molecular formula is C20H23ClN2O4S. The summed E-state index contributed by atoms with van der Waals surface area (Å²) < 4.78 is 33.1. The van der Waals surface area contributed by atoms with Gasteiger partial charge in [-0.1, -0.05) is 35.9 Å². The lowest BCUT2D eigenvalue weighted by Gasteiger charge is -2.26. The maximum Gasteiger partial charge on any atom is 0.264 e. The normalized spacial score (nSPS) is 16.7. The number of benzene rings is 2. The van der Waals surface area contributed by atoms with Crippen LogP contribution in [0, 0.1) is 6.92 Å². The van der Waals surface area contributed by atoms with Crippen LogP contribution in [-0.4, -0.2) is 40.1 Å². The van der Waals surface area contributed by atoms with Crippen molar-refractivity contribution in [2.45, 2.75) is 30.8 Å². The minimum Gasteiger partial charge on any atom is -0.376 e. The Hall–Kier alpha value is -2.09. The quantitative estimate of drug-likeness (QED) is 0.743. The largest absolute Gasteiger partial charge is 0.376 e. The molecule has 1 fully saturated rings. The highest BCUT2D eigenvalue weighted by Gasteiger charge is 2.29. The monoisotopic (exact) mass is 422 g/mol. The van der Waals surface area contributed by atoms with Crippen molar-refractivity contribution < 1.29 is 17.9 Å². The Bertz CT molecular complexity index is 928. The minimum atomic E-state index is -3.94. The standard InChI is InChI=1S/C20H23ClN2O4S/c1-15-18(21)10-5-11-19(15)23(28(25,26)17-8-3-2-4-9-17)14-20(24)22-13-16-7-6-12-27-16/h2-5,8-11,16H,6-7,12-14H2,1H3,(H,22,24)/t16-/m0/s1. The zero-order valence-electron chi connectivity index (χ0n) is 15.6. The molecule has 0 radical (unpaired) electrons. The number of amides is 1. The van der Waals surface area contributed by atoms with Gasteiger partial charge in [0.2, 0.25) is 5.91 Å². The van der Waals surface area contributed by atoms with Gasteiger partial charge in [-0.25, -0.2) is 8.42 Å². The third-order valence-electron chi connectivity index (χ3n) is 4.68. The Labute approximate surface area is 170 Å². The first-order chi connectivity index (χ1) is 13.4. The van der Waals surface area contributed by atoms with Gasteiger partial charge in [0, 0.05) is 18.2 Å². The molecule has 0 aromatic heterocycles. The molecule has 0 unspecified atom stereocenters. The van der Waals surface area contributed by atoms with Gasteiger partial charge >= 0.3 is 0 Å². The van der Waals surface area contributed by atoms with Crippen molar-refractivity contribution in [2.75, 3.05) is 24.0 Å². The predicted molar refractivity (Wildman–Crippen MR) is 109 cm³/mol. The van der Waals surface area contributed by atoms with Gasteiger partial charge in [-0.15, -0.1) is 0 Å². The van der Waals surface area contributed by atoms with Gasteiger partial charge in [0.1, 0.15) is 6.54 Å². The van der Waals surface area contributed by atoms with E-state index in [-0.39, 0.29) is 17.5 Å². The van der Waals surface area contributed by atoms with Crippen LogP contribution in [0.15, 0.2) is 53.4 Å². The molecule has 8 heteroatoms. The van der Waals surface area contributed by atoms with Gasteiger partial charge in [0.25, 0.3) is 10.0 Å². The second kappa shape index (κ2) is 8.94. The first kappa shape index (κ1) is 20.6. The molecule has 2 aromatic carbocycles. The molecule has 1 amide bonds. The Morgan fingerprint density at radius 2 is 1.96 bits per heavy atom. The van der Waals surface area contributed by atoms with Crippen LogP contribution >= 0.6 is 11.6 Å². The van der Waals surface area contributed by atoms with Crippen molar-refractivity contribution in [3.05, 3.63) is 59.1 Å². The van der Waals surface area contributed by atoms with Crippen LogP contribution in [-0.2, 0) is 19.6 Å². The molecule has 0 spiro atoms. The zero-order valence-corrected chi connectivity index (χ0v) is 17.2. The van der Waals surface area contributed by atoms with Crippen molar-refractivity contribution in [1.29, 1.82) is 0 Å². The van der Waals surface area contributed by atoms with E-state index in [1.54, 1.807) is 43.3 Å². The van der Waals surface area contributed by atoms with E-state index in [2.05, 4.69) is 5.32 Å². The smallest absolute Gasteiger partial charge is 0.264 e. The van der Waals surface area contributed by atoms with Gasteiger partial charge in [0.15, 0.2) is 0 Å². The van der Waals surface area contributed by atoms with Crippen LogP contribution in [0.5, 0.6) is 0 Å². The number of hydrogen-bond acceptors (Lipinski definition) is 4. The van der Waals surface area contributed by atoms with Gasteiger partial charge in [0.05, 0.1) is 16.7 Å². The molecule has 28 heavy (non-hydrogen) atoms. The topological polar surface area (TPSA) is 75.7 Å². The van der Waals surface area contributed by atoms with Crippen LogP contribution < -0.4 is 9.62 Å². The Morgan fingerprint density at radius 3 is 2.64 bits per heavy atom. The van der Waals surface area contributed by atoms with Crippen LogP contribution in [0.2, 0.25) is 5.02 Å². The summed E-state index contributed by atoms with van der Waals surface area (Å²) in [5.74, 6) is -0.394. The van der Waals surface area contributed by atoms with Crippen molar-refractivity contribution in [3.63, 3.8) is 0 Å². The van der Waals surface area contributed by atoms with Gasteiger partial charge in [-0.3, -0.25) is 9.10 Å². The zero-order chi connectivity index (χ0) is 20.1. The molecule has 0 saturated carbocycles. The molecule has 1 aliphatic heterocycles. The molecule has 0 bridgehead atoms. The predicted octanol–water partition coefficient (Wildman–Crippen LogP) is 3.14. The number of nitrogens with one attached hydrogen (secondary N) is 1. The summed E-state index contributed by atoms with van der Waals surface area (Å²) >= 11 is 6.20. The first-order valence-electron chi connectivity index (χ1n) is 9.11. The number of ether oxygens (including phenoxy) is 1. The van der Waals surface area contributed by atoms with Crippen LogP contribution in [0.1, 0.15) is 18.4 Å². The average Bonchev–Trinajstić information content (AvgIpc) is 3.21. The molecule has 6 nitrogen and oxygen atoms in total. The van der Waals surface area contributed by atoms with Crippen LogP contribution in [0.4, 0.5) is 5.69 Å². The number of carbonyl (C=O) groups excluding carboxylic acids is 1. The van der Waals surface area contributed by atoms with E-state index < -0.39 is 15.9 Å². The molecule has 1 atom stereocenters. The number of hydrogen-bond donors (Lipinski definition) is 1. The van der Waals surface area contributed by atoms with Crippen molar-refractivity contribution >= 4 is 33.2 Å². The summed E-state index contributed by atoms with van der Waals surface area (Å²) in [6.07, 6.45) is 1.84. The first-order valence-corrected chi connectivity index (χ1v) is 10.9. The van der Waals surface area contributed by atoms with E-state index in [0.717, 1.165) is 17.1 Å². The van der Waals surface area contributed by atoms with Crippen molar-refractivity contribution in [2.24, 2.45) is 0 Å². The number of halogens is 1. The lowest BCUT2D eigenvalue weighted by molar-refractivity contribution is -0.120. The third kappa shape index (κ3) is 4.66. The Morgan fingerprint density at radius 1 is 1.21 bits per heavy atom. The van der Waals surface area contributed by atoms with Crippen LogP contribution in [0.3, 0.4) is 0 Å². The summed E-state index contributed by atoms with van der Waals surface area (Å²) in [5, 5.41) is 3.22. The summed E-state index contributed by atoms with van der Waals surface area (Å²) in [6, 6.07) is 13.0. The van der Waals surface area contributed by atoms with E-state index in [1.165, 1.54) is 12.1 Å². The number of carbonyl (C=O) groups is 1.